The Labute approximate surface area is 81.7 Å². The van der Waals surface area contributed by atoms with E-state index in [1.54, 1.807) is 30.4 Å². The maximum absolute atomic E-state index is 8.63. The molecule has 0 heterocycles. The number of nitriles is 1. The Hall–Kier alpha value is -1.30. The second-order valence-electron chi connectivity index (χ2n) is 2.47. The Bertz CT molecular complexity index is 366. The minimum Gasteiger partial charge on any atom is -0.392 e. The average molecular weight is 194 g/mol. The molecule has 13 heavy (non-hydrogen) atoms. The molecular weight excluding hydrogens is 186 g/mol. The van der Waals surface area contributed by atoms with E-state index in [1.165, 1.54) is 0 Å². The number of halogens is 1. The Morgan fingerprint density at radius 1 is 1.46 bits per heavy atom. The first-order chi connectivity index (χ1) is 6.26. The van der Waals surface area contributed by atoms with E-state index >= 15 is 0 Å². The molecule has 0 aliphatic rings. The molecule has 0 atom stereocenters. The minimum atomic E-state index is -0.0194. The van der Waals surface area contributed by atoms with Gasteiger partial charge in [-0.2, -0.15) is 5.26 Å². The van der Waals surface area contributed by atoms with Crippen molar-refractivity contribution in [1.82, 2.24) is 0 Å². The van der Waals surface area contributed by atoms with Crippen LogP contribution in [0.5, 0.6) is 0 Å². The number of hydrogen-bond acceptors (Lipinski definition) is 2. The summed E-state index contributed by atoms with van der Waals surface area (Å²) < 4.78 is 0. The fourth-order valence-electron chi connectivity index (χ4n) is 0.962. The minimum absolute atomic E-state index is 0.0194. The van der Waals surface area contributed by atoms with Crippen LogP contribution in [0.2, 0.25) is 5.02 Å². The predicted octanol–water partition coefficient (Wildman–Crippen LogP) is 2.22. The summed E-state index contributed by atoms with van der Waals surface area (Å²) in [6.07, 6.45) is 3.31. The lowest BCUT2D eigenvalue weighted by Crippen LogP contribution is -1.79. The molecule has 1 aromatic rings. The molecule has 0 amide bonds. The lowest BCUT2D eigenvalue weighted by atomic mass is 10.1. The molecule has 1 rings (SSSR count). The summed E-state index contributed by atoms with van der Waals surface area (Å²) in [4.78, 5) is 0. The van der Waals surface area contributed by atoms with Gasteiger partial charge in [0.2, 0.25) is 0 Å². The third-order valence-corrected chi connectivity index (χ3v) is 1.68. The van der Waals surface area contributed by atoms with E-state index in [0.29, 0.717) is 10.6 Å². The summed E-state index contributed by atoms with van der Waals surface area (Å²) in [6.45, 7) is -0.0194. The van der Waals surface area contributed by atoms with Gasteiger partial charge in [-0.25, -0.2) is 0 Å². The molecule has 0 saturated carbocycles. The van der Waals surface area contributed by atoms with Crippen LogP contribution in [0.1, 0.15) is 11.1 Å². The highest BCUT2D eigenvalue weighted by atomic mass is 35.5. The summed E-state index contributed by atoms with van der Waals surface area (Å²) in [5.41, 5.74) is 1.34. The van der Waals surface area contributed by atoms with Gasteiger partial charge in [0.1, 0.15) is 0 Å². The molecule has 0 fully saturated rings. The smallest absolute Gasteiger partial charge is 0.0992 e. The summed E-state index contributed by atoms with van der Waals surface area (Å²) in [6, 6.07) is 7.04. The van der Waals surface area contributed by atoms with Crippen molar-refractivity contribution in [2.75, 3.05) is 6.61 Å². The molecule has 2 nitrogen and oxygen atoms in total. The Balaban J connectivity index is 3.03. The Kier molecular flexibility index (Phi) is 3.51. The summed E-state index contributed by atoms with van der Waals surface area (Å²) in [5, 5.41) is 17.7. The molecule has 0 aliphatic carbocycles. The lowest BCUT2D eigenvalue weighted by Gasteiger charge is -1.95. The molecule has 0 saturated heterocycles. The number of aliphatic hydroxyl groups excluding tert-OH is 1. The van der Waals surface area contributed by atoms with Crippen LogP contribution in [-0.4, -0.2) is 11.7 Å². The number of hydrogen-bond donors (Lipinski definition) is 1. The van der Waals surface area contributed by atoms with Gasteiger partial charge in [0.25, 0.3) is 0 Å². The molecule has 0 unspecified atom stereocenters. The van der Waals surface area contributed by atoms with Crippen LogP contribution in [0, 0.1) is 11.3 Å². The second-order valence-corrected chi connectivity index (χ2v) is 2.91. The van der Waals surface area contributed by atoms with E-state index < -0.39 is 0 Å². The van der Waals surface area contributed by atoms with Crippen LogP contribution in [0.3, 0.4) is 0 Å². The van der Waals surface area contributed by atoms with E-state index in [1.807, 2.05) is 6.07 Å². The maximum atomic E-state index is 8.63. The number of rotatable bonds is 2. The van der Waals surface area contributed by atoms with Crippen LogP contribution < -0.4 is 0 Å². The van der Waals surface area contributed by atoms with Crippen LogP contribution in [0.25, 0.3) is 6.08 Å². The summed E-state index contributed by atoms with van der Waals surface area (Å²) in [7, 11) is 0. The molecule has 0 aliphatic heterocycles. The van der Waals surface area contributed by atoms with Gasteiger partial charge in [-0.1, -0.05) is 23.8 Å². The molecular formula is C10H8ClNO. The zero-order chi connectivity index (χ0) is 9.68. The fourth-order valence-corrected chi connectivity index (χ4v) is 1.21. The highest BCUT2D eigenvalue weighted by Gasteiger charge is 1.95. The van der Waals surface area contributed by atoms with E-state index in [0.717, 1.165) is 5.56 Å². The molecule has 66 valence electrons. The van der Waals surface area contributed by atoms with Crippen LogP contribution in [0.15, 0.2) is 24.3 Å². The average Bonchev–Trinajstić information content (AvgIpc) is 2.14. The molecule has 1 aromatic carbocycles. The van der Waals surface area contributed by atoms with E-state index in [9.17, 15) is 0 Å². The highest BCUT2D eigenvalue weighted by molar-refractivity contribution is 6.30. The van der Waals surface area contributed by atoms with Crippen molar-refractivity contribution < 1.29 is 5.11 Å². The van der Waals surface area contributed by atoms with Gasteiger partial charge in [-0.15, -0.1) is 0 Å². The summed E-state index contributed by atoms with van der Waals surface area (Å²) in [5.74, 6) is 0. The lowest BCUT2D eigenvalue weighted by molar-refractivity contribution is 0.343. The summed E-state index contributed by atoms with van der Waals surface area (Å²) >= 11 is 5.76. The fraction of sp³-hybridized carbons (Fsp3) is 0.100. The first kappa shape index (κ1) is 9.79. The third kappa shape index (κ3) is 2.90. The maximum Gasteiger partial charge on any atom is 0.0992 e. The van der Waals surface area contributed by atoms with Crippen molar-refractivity contribution >= 4 is 17.7 Å². The third-order valence-electron chi connectivity index (χ3n) is 1.46. The zero-order valence-electron chi connectivity index (χ0n) is 6.87. The van der Waals surface area contributed by atoms with Crippen molar-refractivity contribution in [2.45, 2.75) is 0 Å². The van der Waals surface area contributed by atoms with Gasteiger partial charge >= 0.3 is 0 Å². The van der Waals surface area contributed by atoms with Crippen molar-refractivity contribution in [1.29, 1.82) is 5.26 Å². The van der Waals surface area contributed by atoms with Crippen molar-refractivity contribution in [2.24, 2.45) is 0 Å². The second kappa shape index (κ2) is 4.66. The van der Waals surface area contributed by atoms with Gasteiger partial charge in [0.15, 0.2) is 0 Å². The van der Waals surface area contributed by atoms with Crippen LogP contribution in [-0.2, 0) is 0 Å². The number of benzene rings is 1. The monoisotopic (exact) mass is 193 g/mol. The largest absolute Gasteiger partial charge is 0.392 e. The van der Waals surface area contributed by atoms with Crippen molar-refractivity contribution in [3.8, 4) is 6.07 Å². The van der Waals surface area contributed by atoms with E-state index in [4.69, 9.17) is 22.0 Å². The quantitative estimate of drug-likeness (QED) is 0.783. The Morgan fingerprint density at radius 3 is 2.85 bits per heavy atom. The topological polar surface area (TPSA) is 44.0 Å². The SMILES string of the molecule is N#Cc1cc(Cl)cc(C=CCO)c1. The molecule has 1 N–H and O–H groups in total. The van der Waals surface area contributed by atoms with Gasteiger partial charge < -0.3 is 5.11 Å². The van der Waals surface area contributed by atoms with Crippen LogP contribution >= 0.6 is 11.6 Å². The van der Waals surface area contributed by atoms with E-state index in [2.05, 4.69) is 0 Å². The molecule has 3 heteroatoms. The standard InChI is InChI=1S/C10H8ClNO/c11-10-5-8(2-1-3-13)4-9(6-10)7-12/h1-2,4-6,13H,3H2. The molecule has 0 spiro atoms. The number of aliphatic hydroxyl groups is 1. The van der Waals surface area contributed by atoms with E-state index in [-0.39, 0.29) is 6.61 Å². The van der Waals surface area contributed by atoms with Gasteiger partial charge in [-0.3, -0.25) is 0 Å². The Morgan fingerprint density at radius 2 is 2.23 bits per heavy atom. The molecule has 0 radical (unpaired) electrons. The zero-order valence-corrected chi connectivity index (χ0v) is 7.62. The highest BCUT2D eigenvalue weighted by Crippen LogP contribution is 2.15. The van der Waals surface area contributed by atoms with Gasteiger partial charge in [0.05, 0.1) is 18.2 Å². The predicted molar refractivity (Wildman–Crippen MR) is 52.3 cm³/mol. The van der Waals surface area contributed by atoms with Crippen molar-refractivity contribution in [3.05, 3.63) is 40.4 Å². The number of nitrogens with zero attached hydrogens (tertiary/aromatic N) is 1. The first-order valence-corrected chi connectivity index (χ1v) is 4.12. The molecule has 0 aromatic heterocycles. The normalized spacial score (nSPS) is 10.2. The van der Waals surface area contributed by atoms with Crippen LogP contribution in [0.4, 0.5) is 0 Å². The van der Waals surface area contributed by atoms with Gasteiger partial charge in [0, 0.05) is 5.02 Å². The van der Waals surface area contributed by atoms with Crippen molar-refractivity contribution in [3.63, 3.8) is 0 Å². The molecule has 0 bridgehead atoms. The first-order valence-electron chi connectivity index (χ1n) is 3.74. The van der Waals surface area contributed by atoms with Gasteiger partial charge in [-0.05, 0) is 23.8 Å².